The van der Waals surface area contributed by atoms with Gasteiger partial charge in [-0.1, -0.05) is 151 Å². The van der Waals surface area contributed by atoms with Crippen LogP contribution in [0.4, 0.5) is 5.69 Å². The third-order valence-corrected chi connectivity index (χ3v) is 15.5. The first-order chi connectivity index (χ1) is 35.6. The van der Waals surface area contributed by atoms with Gasteiger partial charge < -0.3 is 14.2 Å². The summed E-state index contributed by atoms with van der Waals surface area (Å²) in [6.45, 7) is 30.2. The molecule has 10 rings (SSSR count). The van der Waals surface area contributed by atoms with Crippen molar-refractivity contribution >= 4 is 60.6 Å². The van der Waals surface area contributed by atoms with Crippen LogP contribution < -0.4 is 19.1 Å². The Balaban J connectivity index is 1.31. The molecular formula is C69H69NO5. The summed E-state index contributed by atoms with van der Waals surface area (Å²) in [5, 5.41) is 6.44. The van der Waals surface area contributed by atoms with E-state index < -0.39 is 11.8 Å². The van der Waals surface area contributed by atoms with E-state index in [1.54, 1.807) is 0 Å². The number of hydrogen-bond donors (Lipinski definition) is 0. The molecule has 1 aliphatic heterocycles. The first kappa shape index (κ1) is 50.9. The first-order valence-electron chi connectivity index (χ1n) is 26.7. The van der Waals surface area contributed by atoms with Crippen LogP contribution in [0.25, 0.3) is 43.1 Å². The lowest BCUT2D eigenvalue weighted by molar-refractivity contribution is 0.0892. The highest BCUT2D eigenvalue weighted by atomic mass is 16.5. The van der Waals surface area contributed by atoms with Gasteiger partial charge in [0.05, 0.1) is 16.8 Å². The second kappa shape index (κ2) is 18.9. The maximum atomic E-state index is 16.0. The molecule has 2 atom stereocenters. The summed E-state index contributed by atoms with van der Waals surface area (Å²) >= 11 is 0. The molecule has 6 heteroatoms. The fourth-order valence-electron chi connectivity index (χ4n) is 10.8. The number of nitrogens with zero attached hydrogens (tertiary/aromatic N) is 1. The van der Waals surface area contributed by atoms with Crippen LogP contribution >= 0.6 is 0 Å². The molecular weight excluding hydrogens is 923 g/mol. The molecule has 380 valence electrons. The van der Waals surface area contributed by atoms with E-state index in [0.717, 1.165) is 73.0 Å². The summed E-state index contributed by atoms with van der Waals surface area (Å²) in [6.07, 6.45) is 1.59. The average molecular weight is 992 g/mol. The number of rotatable bonds is 11. The van der Waals surface area contributed by atoms with Crippen LogP contribution in [0.15, 0.2) is 127 Å². The van der Waals surface area contributed by atoms with Gasteiger partial charge in [-0.3, -0.25) is 9.59 Å². The van der Waals surface area contributed by atoms with E-state index in [9.17, 15) is 0 Å². The third-order valence-electron chi connectivity index (χ3n) is 15.5. The second-order valence-corrected chi connectivity index (χ2v) is 23.8. The normalized spacial score (nSPS) is 13.9. The topological polar surface area (TPSA) is 65.1 Å². The van der Waals surface area contributed by atoms with E-state index in [2.05, 4.69) is 169 Å². The summed E-state index contributed by atoms with van der Waals surface area (Å²) in [4.78, 5) is 33.5. The van der Waals surface area contributed by atoms with E-state index in [0.29, 0.717) is 50.9 Å². The maximum absolute atomic E-state index is 16.0. The van der Waals surface area contributed by atoms with Crippen LogP contribution in [-0.4, -0.2) is 11.8 Å². The molecule has 0 N–H and O–H groups in total. The number of imide groups is 1. The molecule has 2 amide bonds. The summed E-state index contributed by atoms with van der Waals surface area (Å²) < 4.78 is 21.1. The average Bonchev–Trinajstić information content (AvgIpc) is 3.37. The number of anilines is 1. The Hall–Kier alpha value is -7.62. The van der Waals surface area contributed by atoms with Crippen molar-refractivity contribution in [3.05, 3.63) is 172 Å². The first-order valence-corrected chi connectivity index (χ1v) is 26.7. The van der Waals surface area contributed by atoms with E-state index >= 15 is 9.59 Å². The Labute approximate surface area is 443 Å². The summed E-state index contributed by atoms with van der Waals surface area (Å²) in [5.74, 6) is 9.24. The molecule has 0 fully saturated rings. The molecule has 2 unspecified atom stereocenters. The minimum absolute atomic E-state index is 0.00758. The van der Waals surface area contributed by atoms with Gasteiger partial charge in [-0.05, 0) is 159 Å². The van der Waals surface area contributed by atoms with Crippen LogP contribution in [0, 0.1) is 11.8 Å². The molecule has 1 heterocycles. The Morgan fingerprint density at radius 3 is 1.27 bits per heavy atom. The van der Waals surface area contributed by atoms with Crippen LogP contribution in [0.5, 0.6) is 34.5 Å². The zero-order valence-corrected chi connectivity index (χ0v) is 46.2. The van der Waals surface area contributed by atoms with E-state index in [4.69, 9.17) is 14.2 Å². The van der Waals surface area contributed by atoms with Gasteiger partial charge in [0.25, 0.3) is 11.8 Å². The Bertz CT molecular complexity index is 3610. The minimum atomic E-state index is -0.405. The number of benzene rings is 9. The van der Waals surface area contributed by atoms with Crippen molar-refractivity contribution in [2.45, 2.75) is 138 Å². The molecule has 9 aromatic carbocycles. The molecule has 0 aliphatic carbocycles. The molecule has 0 saturated heterocycles. The highest BCUT2D eigenvalue weighted by Crippen LogP contribution is 2.54. The largest absolute Gasteiger partial charge is 0.457 e. The molecule has 1 aliphatic rings. The molecule has 0 saturated carbocycles. The standard InChI is InChI=1S/C69H69NO5/c1-15-19-42-36-52(40(4)16-2)64(53(37-42)41(5)17-3)70-65(71)54-38-57(74-47-30-24-44(25-31-47)68(9,10)11)61-50-21-18-20-49-56(73-46-28-22-43(23-29-46)67(6,7)8)35-34-51(59(49)50)62-58(39-55(66(70)72)60(54)63(61)62)75-48-32-26-45(27-33-48)69(12,13)14/h18,20-41H,16-17H2,1-14H3. The van der Waals surface area contributed by atoms with Crippen molar-refractivity contribution in [1.82, 2.24) is 0 Å². The van der Waals surface area contributed by atoms with Crippen LogP contribution in [0.3, 0.4) is 0 Å². The smallest absolute Gasteiger partial charge is 0.266 e. The molecule has 6 nitrogen and oxygen atoms in total. The number of carbonyl (C=O) groups is 2. The molecule has 0 spiro atoms. The SMILES string of the molecule is CC#Cc1cc(C(C)CC)c(N2C(=O)c3cc(Oc4ccc(C(C)(C)C)cc4)c4c5cccc6c(Oc7ccc(C(C)(C)C)cc7)ccc(c7c(Oc8ccc(C(C)(C)C)cc8)cc(c3c47)C2=O)c65)c(C(C)CC)c1. The molecule has 75 heavy (non-hydrogen) atoms. The Morgan fingerprint density at radius 2 is 0.867 bits per heavy atom. The molecule has 0 radical (unpaired) electrons. The number of ether oxygens (including phenoxy) is 3. The van der Waals surface area contributed by atoms with E-state index in [1.165, 1.54) is 21.6 Å². The summed E-state index contributed by atoms with van der Waals surface area (Å²) in [6, 6.07) is 43.0. The van der Waals surface area contributed by atoms with Crippen molar-refractivity contribution in [3.63, 3.8) is 0 Å². The lowest BCUT2D eigenvalue weighted by Gasteiger charge is -2.34. The van der Waals surface area contributed by atoms with Gasteiger partial charge in [0.1, 0.15) is 34.5 Å². The highest BCUT2D eigenvalue weighted by molar-refractivity contribution is 6.44. The molecule has 9 aromatic rings. The van der Waals surface area contributed by atoms with Gasteiger partial charge in [-0.2, -0.15) is 0 Å². The van der Waals surface area contributed by atoms with Gasteiger partial charge >= 0.3 is 0 Å². The van der Waals surface area contributed by atoms with Gasteiger partial charge in [-0.25, -0.2) is 4.90 Å². The van der Waals surface area contributed by atoms with Crippen LogP contribution in [-0.2, 0) is 16.2 Å². The van der Waals surface area contributed by atoms with Gasteiger partial charge in [-0.15, -0.1) is 5.92 Å². The predicted molar refractivity (Wildman–Crippen MR) is 311 cm³/mol. The van der Waals surface area contributed by atoms with Gasteiger partial charge in [0, 0.05) is 37.9 Å². The van der Waals surface area contributed by atoms with Crippen molar-refractivity contribution in [3.8, 4) is 46.3 Å². The zero-order valence-electron chi connectivity index (χ0n) is 46.2. The number of amides is 2. The van der Waals surface area contributed by atoms with Crippen LogP contribution in [0.2, 0.25) is 0 Å². The number of hydrogen-bond acceptors (Lipinski definition) is 5. The Morgan fingerprint density at radius 1 is 0.467 bits per heavy atom. The third kappa shape index (κ3) is 9.05. The molecule has 0 aromatic heterocycles. The summed E-state index contributed by atoms with van der Waals surface area (Å²) in [7, 11) is 0. The lowest BCUT2D eigenvalue weighted by atomic mass is 9.82. The maximum Gasteiger partial charge on any atom is 0.266 e. The Kier molecular flexibility index (Phi) is 12.9. The lowest BCUT2D eigenvalue weighted by Crippen LogP contribution is -2.42. The number of fused-ring (bicyclic) bond motifs is 2. The van der Waals surface area contributed by atoms with Gasteiger partial charge in [0.15, 0.2) is 0 Å². The van der Waals surface area contributed by atoms with Crippen molar-refractivity contribution in [2.24, 2.45) is 0 Å². The van der Waals surface area contributed by atoms with Gasteiger partial charge in [0.2, 0.25) is 0 Å². The second-order valence-electron chi connectivity index (χ2n) is 23.8. The quantitative estimate of drug-likeness (QED) is 0.0559. The van der Waals surface area contributed by atoms with Crippen molar-refractivity contribution < 1.29 is 23.8 Å². The molecule has 0 bridgehead atoms. The summed E-state index contributed by atoms with van der Waals surface area (Å²) in [5.41, 5.74) is 7.48. The zero-order chi connectivity index (χ0) is 53.5. The van der Waals surface area contributed by atoms with E-state index in [-0.39, 0.29) is 28.1 Å². The predicted octanol–water partition coefficient (Wildman–Crippen LogP) is 19.2. The fourth-order valence-corrected chi connectivity index (χ4v) is 10.8. The minimum Gasteiger partial charge on any atom is -0.457 e. The van der Waals surface area contributed by atoms with Crippen molar-refractivity contribution in [2.75, 3.05) is 4.90 Å². The number of carbonyl (C=O) groups excluding carboxylic acids is 2. The monoisotopic (exact) mass is 992 g/mol. The van der Waals surface area contributed by atoms with Crippen LogP contribution in [0.1, 0.15) is 176 Å². The highest BCUT2D eigenvalue weighted by Gasteiger charge is 2.41. The van der Waals surface area contributed by atoms with E-state index in [1.807, 2.05) is 67.6 Å². The van der Waals surface area contributed by atoms with Crippen molar-refractivity contribution in [1.29, 1.82) is 0 Å². The fraction of sp³-hybridized carbons (Fsp3) is 0.304.